The van der Waals surface area contributed by atoms with E-state index in [1.807, 2.05) is 6.92 Å². The van der Waals surface area contributed by atoms with Crippen molar-refractivity contribution in [2.75, 3.05) is 5.73 Å². The molecule has 0 spiro atoms. The van der Waals surface area contributed by atoms with E-state index in [2.05, 4.69) is 20.6 Å². The van der Waals surface area contributed by atoms with Crippen LogP contribution in [-0.4, -0.2) is 25.9 Å². The van der Waals surface area contributed by atoms with Crippen LogP contribution in [0.1, 0.15) is 22.3 Å². The van der Waals surface area contributed by atoms with E-state index < -0.39 is 0 Å². The van der Waals surface area contributed by atoms with Crippen molar-refractivity contribution in [2.45, 2.75) is 20.0 Å². The number of rotatable bonds is 4. The zero-order valence-corrected chi connectivity index (χ0v) is 10.1. The summed E-state index contributed by atoms with van der Waals surface area (Å²) in [4.78, 5) is 11.7. The standard InChI is InChI=1S/C9H12N6OS/c1-2-15-5-6(3-12-15)8(16)11-4-7-13-14-9(10)17-7/h3,5H,2,4H2,1H3,(H2,10,14)(H,11,16). The van der Waals surface area contributed by atoms with Gasteiger partial charge in [-0.2, -0.15) is 5.10 Å². The maximum Gasteiger partial charge on any atom is 0.254 e. The molecule has 0 bridgehead atoms. The maximum atomic E-state index is 11.7. The van der Waals surface area contributed by atoms with Crippen LogP contribution in [0.4, 0.5) is 5.13 Å². The second-order valence-electron chi connectivity index (χ2n) is 3.30. The van der Waals surface area contributed by atoms with Crippen LogP contribution in [0.25, 0.3) is 0 Å². The molecule has 2 heterocycles. The Hall–Kier alpha value is -1.96. The Morgan fingerprint density at radius 1 is 1.59 bits per heavy atom. The van der Waals surface area contributed by atoms with Crippen molar-refractivity contribution in [1.82, 2.24) is 25.3 Å². The first kappa shape index (κ1) is 11.5. The van der Waals surface area contributed by atoms with E-state index in [1.54, 1.807) is 10.9 Å². The van der Waals surface area contributed by atoms with Gasteiger partial charge in [-0.15, -0.1) is 10.2 Å². The topological polar surface area (TPSA) is 98.7 Å². The van der Waals surface area contributed by atoms with Crippen LogP contribution in [0.5, 0.6) is 0 Å². The Kier molecular flexibility index (Phi) is 3.33. The van der Waals surface area contributed by atoms with Gasteiger partial charge in [-0.25, -0.2) is 0 Å². The zero-order chi connectivity index (χ0) is 12.3. The summed E-state index contributed by atoms with van der Waals surface area (Å²) >= 11 is 1.25. The molecule has 0 aliphatic heterocycles. The number of nitrogens with two attached hydrogens (primary N) is 1. The van der Waals surface area contributed by atoms with E-state index in [0.29, 0.717) is 22.2 Å². The zero-order valence-electron chi connectivity index (χ0n) is 9.25. The summed E-state index contributed by atoms with van der Waals surface area (Å²) in [5, 5.41) is 15.3. The van der Waals surface area contributed by atoms with Gasteiger partial charge in [-0.1, -0.05) is 11.3 Å². The van der Waals surface area contributed by atoms with E-state index >= 15 is 0 Å². The van der Waals surface area contributed by atoms with Gasteiger partial charge in [-0.3, -0.25) is 9.48 Å². The van der Waals surface area contributed by atoms with Crippen LogP contribution < -0.4 is 11.1 Å². The molecule has 90 valence electrons. The van der Waals surface area contributed by atoms with Crippen LogP contribution in [0, 0.1) is 0 Å². The predicted octanol–water partition coefficient (Wildman–Crippen LogP) is 0.267. The van der Waals surface area contributed by atoms with Crippen LogP contribution in [0.3, 0.4) is 0 Å². The lowest BCUT2D eigenvalue weighted by molar-refractivity contribution is 0.0950. The molecule has 0 saturated heterocycles. The minimum Gasteiger partial charge on any atom is -0.374 e. The number of nitrogens with zero attached hydrogens (tertiary/aromatic N) is 4. The lowest BCUT2D eigenvalue weighted by Crippen LogP contribution is -2.22. The van der Waals surface area contributed by atoms with Gasteiger partial charge in [0.05, 0.1) is 18.3 Å². The van der Waals surface area contributed by atoms with Crippen molar-refractivity contribution in [1.29, 1.82) is 0 Å². The minimum absolute atomic E-state index is 0.182. The summed E-state index contributed by atoms with van der Waals surface area (Å²) in [5.41, 5.74) is 5.97. The highest BCUT2D eigenvalue weighted by Gasteiger charge is 2.09. The Morgan fingerprint density at radius 2 is 2.41 bits per heavy atom. The summed E-state index contributed by atoms with van der Waals surface area (Å²) in [6.07, 6.45) is 3.23. The second kappa shape index (κ2) is 4.91. The Balaban J connectivity index is 1.93. The number of anilines is 1. The molecule has 7 nitrogen and oxygen atoms in total. The van der Waals surface area contributed by atoms with E-state index in [4.69, 9.17) is 5.73 Å². The summed E-state index contributed by atoms with van der Waals surface area (Å²) in [6.45, 7) is 3.02. The molecule has 8 heteroatoms. The number of hydrogen-bond acceptors (Lipinski definition) is 6. The fourth-order valence-corrected chi connectivity index (χ4v) is 1.80. The molecule has 1 amide bonds. The van der Waals surface area contributed by atoms with Crippen molar-refractivity contribution < 1.29 is 4.79 Å². The lowest BCUT2D eigenvalue weighted by atomic mass is 10.3. The molecule has 2 aromatic rings. The third kappa shape index (κ3) is 2.78. The summed E-state index contributed by atoms with van der Waals surface area (Å²) < 4.78 is 1.69. The third-order valence-corrected chi connectivity index (χ3v) is 2.85. The average Bonchev–Trinajstić information content (AvgIpc) is 2.94. The van der Waals surface area contributed by atoms with Gasteiger partial charge >= 0.3 is 0 Å². The van der Waals surface area contributed by atoms with Crippen LogP contribution in [-0.2, 0) is 13.1 Å². The smallest absolute Gasteiger partial charge is 0.254 e. The highest BCUT2D eigenvalue weighted by atomic mass is 32.1. The monoisotopic (exact) mass is 252 g/mol. The number of nitrogen functional groups attached to an aromatic ring is 1. The first-order valence-electron chi connectivity index (χ1n) is 5.07. The molecule has 17 heavy (non-hydrogen) atoms. The molecule has 0 aromatic carbocycles. The predicted molar refractivity (Wildman–Crippen MR) is 63.4 cm³/mol. The largest absolute Gasteiger partial charge is 0.374 e. The minimum atomic E-state index is -0.182. The molecule has 2 rings (SSSR count). The normalized spacial score (nSPS) is 10.4. The number of aryl methyl sites for hydroxylation is 1. The molecule has 2 aromatic heterocycles. The first-order valence-corrected chi connectivity index (χ1v) is 5.89. The van der Waals surface area contributed by atoms with Crippen molar-refractivity contribution in [2.24, 2.45) is 0 Å². The van der Waals surface area contributed by atoms with Crippen molar-refractivity contribution in [3.63, 3.8) is 0 Å². The number of carbonyl (C=O) groups is 1. The molecule has 0 radical (unpaired) electrons. The van der Waals surface area contributed by atoms with Gasteiger partial charge in [0.2, 0.25) is 5.13 Å². The van der Waals surface area contributed by atoms with Gasteiger partial charge in [0.25, 0.3) is 5.91 Å². The van der Waals surface area contributed by atoms with Crippen molar-refractivity contribution in [3.05, 3.63) is 23.0 Å². The molecule has 0 aliphatic rings. The van der Waals surface area contributed by atoms with Gasteiger partial charge in [-0.05, 0) is 6.92 Å². The van der Waals surface area contributed by atoms with E-state index in [9.17, 15) is 4.79 Å². The Labute approximate surface area is 102 Å². The molecular formula is C9H12N6OS. The van der Waals surface area contributed by atoms with Crippen LogP contribution in [0.15, 0.2) is 12.4 Å². The van der Waals surface area contributed by atoms with Gasteiger partial charge in [0.1, 0.15) is 5.01 Å². The Morgan fingerprint density at radius 3 is 3.00 bits per heavy atom. The highest BCUT2D eigenvalue weighted by Crippen LogP contribution is 2.10. The maximum absolute atomic E-state index is 11.7. The molecule has 0 fully saturated rings. The quantitative estimate of drug-likeness (QED) is 0.813. The number of amides is 1. The fourth-order valence-electron chi connectivity index (χ4n) is 1.25. The number of nitrogens with one attached hydrogen (secondary N) is 1. The number of hydrogen-bond donors (Lipinski definition) is 2. The van der Waals surface area contributed by atoms with E-state index in [-0.39, 0.29) is 5.91 Å². The van der Waals surface area contributed by atoms with Crippen LogP contribution >= 0.6 is 11.3 Å². The van der Waals surface area contributed by atoms with E-state index in [0.717, 1.165) is 6.54 Å². The molecular weight excluding hydrogens is 240 g/mol. The highest BCUT2D eigenvalue weighted by molar-refractivity contribution is 7.15. The number of carbonyl (C=O) groups excluding carboxylic acids is 1. The average molecular weight is 252 g/mol. The number of aromatic nitrogens is 4. The second-order valence-corrected chi connectivity index (χ2v) is 4.40. The summed E-state index contributed by atoms with van der Waals surface area (Å²) in [6, 6.07) is 0. The van der Waals surface area contributed by atoms with E-state index in [1.165, 1.54) is 17.5 Å². The Bertz CT molecular complexity index is 519. The molecule has 0 atom stereocenters. The van der Waals surface area contributed by atoms with Gasteiger partial charge in [0.15, 0.2) is 0 Å². The fraction of sp³-hybridized carbons (Fsp3) is 0.333. The summed E-state index contributed by atoms with van der Waals surface area (Å²) in [5.74, 6) is -0.182. The van der Waals surface area contributed by atoms with Crippen molar-refractivity contribution >= 4 is 22.4 Å². The van der Waals surface area contributed by atoms with Gasteiger partial charge < -0.3 is 11.1 Å². The van der Waals surface area contributed by atoms with Gasteiger partial charge in [0, 0.05) is 12.7 Å². The van der Waals surface area contributed by atoms with Crippen molar-refractivity contribution in [3.8, 4) is 0 Å². The lowest BCUT2D eigenvalue weighted by Gasteiger charge is -1.99. The van der Waals surface area contributed by atoms with Crippen LogP contribution in [0.2, 0.25) is 0 Å². The SMILES string of the molecule is CCn1cc(C(=O)NCc2nnc(N)s2)cn1. The first-order chi connectivity index (χ1) is 8.19. The molecule has 0 unspecified atom stereocenters. The summed E-state index contributed by atoms with van der Waals surface area (Å²) in [7, 11) is 0. The molecule has 0 aliphatic carbocycles. The third-order valence-electron chi connectivity index (χ3n) is 2.10. The molecule has 3 N–H and O–H groups in total. The molecule has 0 saturated carbocycles.